The Bertz CT molecular complexity index is 686. The van der Waals surface area contributed by atoms with E-state index in [1.807, 2.05) is 24.4 Å². The van der Waals surface area contributed by atoms with Crippen LogP contribution in [-0.4, -0.2) is 35.3 Å². The molecule has 21 heavy (non-hydrogen) atoms. The van der Waals surface area contributed by atoms with E-state index in [2.05, 4.69) is 22.5 Å². The Morgan fingerprint density at radius 1 is 1.33 bits per heavy atom. The van der Waals surface area contributed by atoms with Crippen LogP contribution >= 0.6 is 0 Å². The van der Waals surface area contributed by atoms with Gasteiger partial charge in [-0.3, -0.25) is 0 Å². The van der Waals surface area contributed by atoms with Crippen LogP contribution in [0.15, 0.2) is 31.0 Å². The van der Waals surface area contributed by atoms with Crippen molar-refractivity contribution >= 4 is 22.9 Å². The molecule has 1 aromatic carbocycles. The van der Waals surface area contributed by atoms with E-state index >= 15 is 0 Å². The standard InChI is InChI=1S/C17H19N3O/c1-2-13-4-5-15-14(10-13)11-18-16(19-15)20-8-3-6-17(20)7-9-21-12-17/h2,4-5,10-11H,1,3,6-9,12H2. The van der Waals surface area contributed by atoms with E-state index in [0.29, 0.717) is 0 Å². The highest BCUT2D eigenvalue weighted by Gasteiger charge is 2.45. The van der Waals surface area contributed by atoms with Gasteiger partial charge in [0.15, 0.2) is 0 Å². The first-order valence-corrected chi connectivity index (χ1v) is 7.55. The van der Waals surface area contributed by atoms with Crippen molar-refractivity contribution in [2.24, 2.45) is 0 Å². The van der Waals surface area contributed by atoms with Crippen LogP contribution in [0.3, 0.4) is 0 Å². The lowest BCUT2D eigenvalue weighted by atomic mass is 9.96. The molecule has 1 unspecified atom stereocenters. The van der Waals surface area contributed by atoms with Crippen LogP contribution in [0.5, 0.6) is 0 Å². The van der Waals surface area contributed by atoms with Crippen LogP contribution in [0.1, 0.15) is 24.8 Å². The van der Waals surface area contributed by atoms with Crippen molar-refractivity contribution in [3.63, 3.8) is 0 Å². The summed E-state index contributed by atoms with van der Waals surface area (Å²) < 4.78 is 5.64. The molecule has 0 amide bonds. The summed E-state index contributed by atoms with van der Waals surface area (Å²) in [5.74, 6) is 0.844. The van der Waals surface area contributed by atoms with Gasteiger partial charge in [-0.15, -0.1) is 0 Å². The molecule has 2 fully saturated rings. The number of benzene rings is 1. The third-order valence-electron chi connectivity index (χ3n) is 4.75. The first-order valence-electron chi connectivity index (χ1n) is 7.55. The molecule has 0 saturated carbocycles. The molecule has 2 aromatic rings. The second kappa shape index (κ2) is 4.81. The van der Waals surface area contributed by atoms with E-state index in [1.165, 1.54) is 12.8 Å². The van der Waals surface area contributed by atoms with Crippen molar-refractivity contribution in [1.29, 1.82) is 0 Å². The van der Waals surface area contributed by atoms with E-state index in [-0.39, 0.29) is 5.54 Å². The zero-order valence-corrected chi connectivity index (χ0v) is 12.1. The maximum atomic E-state index is 5.64. The van der Waals surface area contributed by atoms with Gasteiger partial charge in [0.1, 0.15) is 0 Å². The van der Waals surface area contributed by atoms with Gasteiger partial charge in [-0.25, -0.2) is 9.97 Å². The monoisotopic (exact) mass is 281 g/mol. The van der Waals surface area contributed by atoms with Gasteiger partial charge in [0.25, 0.3) is 0 Å². The molecule has 1 aromatic heterocycles. The lowest BCUT2D eigenvalue weighted by Crippen LogP contribution is -2.45. The summed E-state index contributed by atoms with van der Waals surface area (Å²) in [6.45, 7) is 6.49. The molecule has 4 rings (SSSR count). The average molecular weight is 281 g/mol. The topological polar surface area (TPSA) is 38.2 Å². The number of anilines is 1. The van der Waals surface area contributed by atoms with Crippen LogP contribution in [0.4, 0.5) is 5.95 Å². The van der Waals surface area contributed by atoms with Crippen molar-refractivity contribution < 1.29 is 4.74 Å². The number of ether oxygens (including phenoxy) is 1. The van der Waals surface area contributed by atoms with Gasteiger partial charge in [-0.05, 0) is 37.0 Å². The Labute approximate surface area is 124 Å². The fourth-order valence-electron chi connectivity index (χ4n) is 3.56. The summed E-state index contributed by atoms with van der Waals surface area (Å²) >= 11 is 0. The van der Waals surface area contributed by atoms with Gasteiger partial charge >= 0.3 is 0 Å². The molecule has 0 aliphatic carbocycles. The maximum Gasteiger partial charge on any atom is 0.226 e. The third-order valence-corrected chi connectivity index (χ3v) is 4.75. The second-order valence-electron chi connectivity index (χ2n) is 5.97. The SMILES string of the molecule is C=Cc1ccc2nc(N3CCCC34CCOC4)ncc2c1. The van der Waals surface area contributed by atoms with Crippen molar-refractivity contribution in [1.82, 2.24) is 9.97 Å². The molecule has 2 aliphatic heterocycles. The minimum atomic E-state index is 0.134. The largest absolute Gasteiger partial charge is 0.379 e. The summed E-state index contributed by atoms with van der Waals surface area (Å²) in [6.07, 6.45) is 7.24. The molecular weight excluding hydrogens is 262 g/mol. The Hall–Kier alpha value is -1.94. The highest BCUT2D eigenvalue weighted by Crippen LogP contribution is 2.38. The molecule has 3 heterocycles. The zero-order valence-electron chi connectivity index (χ0n) is 12.1. The van der Waals surface area contributed by atoms with Gasteiger partial charge in [0, 0.05) is 24.7 Å². The quantitative estimate of drug-likeness (QED) is 0.848. The number of hydrogen-bond acceptors (Lipinski definition) is 4. The van der Waals surface area contributed by atoms with E-state index in [0.717, 1.165) is 48.6 Å². The molecule has 2 saturated heterocycles. The molecule has 1 spiro atoms. The molecule has 4 nitrogen and oxygen atoms in total. The molecular formula is C17H19N3O. The Morgan fingerprint density at radius 3 is 3.10 bits per heavy atom. The fraction of sp³-hybridized carbons (Fsp3) is 0.412. The second-order valence-corrected chi connectivity index (χ2v) is 5.97. The number of fused-ring (bicyclic) bond motifs is 1. The highest BCUT2D eigenvalue weighted by atomic mass is 16.5. The van der Waals surface area contributed by atoms with Crippen molar-refractivity contribution in [2.45, 2.75) is 24.8 Å². The Balaban J connectivity index is 1.75. The summed E-state index contributed by atoms with van der Waals surface area (Å²) in [5, 5.41) is 1.06. The van der Waals surface area contributed by atoms with Gasteiger partial charge in [-0.1, -0.05) is 18.7 Å². The normalized spacial score (nSPS) is 25.0. The van der Waals surface area contributed by atoms with Crippen molar-refractivity contribution in [3.8, 4) is 0 Å². The number of rotatable bonds is 2. The first kappa shape index (κ1) is 12.8. The van der Waals surface area contributed by atoms with Crippen LogP contribution < -0.4 is 4.90 Å². The Morgan fingerprint density at radius 2 is 2.29 bits per heavy atom. The average Bonchev–Trinajstić information content (AvgIpc) is 3.17. The summed E-state index contributed by atoms with van der Waals surface area (Å²) in [7, 11) is 0. The fourth-order valence-corrected chi connectivity index (χ4v) is 3.56. The van der Waals surface area contributed by atoms with Gasteiger partial charge < -0.3 is 9.64 Å². The van der Waals surface area contributed by atoms with Gasteiger partial charge in [0.05, 0.1) is 17.7 Å². The molecule has 1 atom stereocenters. The van der Waals surface area contributed by atoms with Crippen molar-refractivity contribution in [3.05, 3.63) is 36.5 Å². The third kappa shape index (κ3) is 2.02. The first-order chi connectivity index (χ1) is 10.3. The van der Waals surface area contributed by atoms with E-state index in [1.54, 1.807) is 0 Å². The minimum absolute atomic E-state index is 0.134. The molecule has 108 valence electrons. The lowest BCUT2D eigenvalue weighted by Gasteiger charge is -2.33. The molecule has 0 N–H and O–H groups in total. The van der Waals surface area contributed by atoms with Crippen LogP contribution in [-0.2, 0) is 4.74 Å². The summed E-state index contributed by atoms with van der Waals surface area (Å²) in [5.41, 5.74) is 2.22. The molecule has 0 radical (unpaired) electrons. The minimum Gasteiger partial charge on any atom is -0.379 e. The number of aromatic nitrogens is 2. The predicted octanol–water partition coefficient (Wildman–Crippen LogP) is 3.03. The number of nitrogens with zero attached hydrogens (tertiary/aromatic N) is 3. The predicted molar refractivity (Wildman–Crippen MR) is 84.4 cm³/mol. The summed E-state index contributed by atoms with van der Waals surface area (Å²) in [6, 6.07) is 6.17. The van der Waals surface area contributed by atoms with Gasteiger partial charge in [0.2, 0.25) is 5.95 Å². The summed E-state index contributed by atoms with van der Waals surface area (Å²) in [4.78, 5) is 11.7. The molecule has 0 bridgehead atoms. The molecule has 4 heteroatoms. The maximum absolute atomic E-state index is 5.64. The Kier molecular flexibility index (Phi) is 2.93. The molecule has 2 aliphatic rings. The van der Waals surface area contributed by atoms with Crippen molar-refractivity contribution in [2.75, 3.05) is 24.7 Å². The van der Waals surface area contributed by atoms with E-state index in [9.17, 15) is 0 Å². The van der Waals surface area contributed by atoms with Crippen LogP contribution in [0.25, 0.3) is 17.0 Å². The van der Waals surface area contributed by atoms with Crippen LogP contribution in [0, 0.1) is 0 Å². The van der Waals surface area contributed by atoms with E-state index < -0.39 is 0 Å². The number of hydrogen-bond donors (Lipinski definition) is 0. The van der Waals surface area contributed by atoms with Crippen LogP contribution in [0.2, 0.25) is 0 Å². The van der Waals surface area contributed by atoms with Gasteiger partial charge in [-0.2, -0.15) is 0 Å². The zero-order chi connectivity index (χ0) is 14.3. The lowest BCUT2D eigenvalue weighted by molar-refractivity contribution is 0.178. The highest BCUT2D eigenvalue weighted by molar-refractivity contribution is 5.81. The van der Waals surface area contributed by atoms with E-state index in [4.69, 9.17) is 9.72 Å². The smallest absolute Gasteiger partial charge is 0.226 e.